The number of carbonyl (C=O) groups excluding carboxylic acids is 1. The van der Waals surface area contributed by atoms with E-state index in [1.807, 2.05) is 19.1 Å². The molecule has 5 rings (SSSR count). The molecular weight excluding hydrogens is 370 g/mol. The Labute approximate surface area is 168 Å². The number of rotatable bonds is 3. The third kappa shape index (κ3) is 3.20. The molecule has 1 amide bonds. The topological polar surface area (TPSA) is 98.5 Å². The van der Waals surface area contributed by atoms with E-state index in [2.05, 4.69) is 24.8 Å². The number of hydrogen-bond donors (Lipinski definition) is 0. The lowest BCUT2D eigenvalue weighted by atomic mass is 10.1. The molecule has 0 unspecified atom stereocenters. The van der Waals surface area contributed by atoms with Crippen molar-refractivity contribution in [3.63, 3.8) is 0 Å². The first kappa shape index (κ1) is 17.7. The normalized spacial score (nSPS) is 18.0. The average molecular weight is 391 g/mol. The van der Waals surface area contributed by atoms with Crippen LogP contribution in [0.1, 0.15) is 29.2 Å². The molecule has 5 heterocycles. The zero-order valence-corrected chi connectivity index (χ0v) is 16.2. The van der Waals surface area contributed by atoms with E-state index in [9.17, 15) is 4.79 Å². The predicted molar refractivity (Wildman–Crippen MR) is 104 cm³/mol. The summed E-state index contributed by atoms with van der Waals surface area (Å²) in [5.41, 5.74) is 3.27. The molecule has 0 atom stereocenters. The van der Waals surface area contributed by atoms with Crippen LogP contribution in [0.15, 0.2) is 18.3 Å². The van der Waals surface area contributed by atoms with Crippen LogP contribution in [0.25, 0.3) is 0 Å². The Morgan fingerprint density at radius 2 is 2.07 bits per heavy atom. The number of ether oxygens (including phenoxy) is 1. The Morgan fingerprint density at radius 3 is 2.79 bits per heavy atom. The second-order valence-electron chi connectivity index (χ2n) is 7.64. The lowest BCUT2D eigenvalue weighted by Gasteiger charge is -2.40. The maximum atomic E-state index is 12.7. The van der Waals surface area contributed by atoms with Crippen LogP contribution in [0.5, 0.6) is 0 Å². The minimum Gasteiger partial charge on any atom is -0.442 e. The molecule has 3 aliphatic heterocycles. The van der Waals surface area contributed by atoms with Gasteiger partial charge in [-0.1, -0.05) is 0 Å². The van der Waals surface area contributed by atoms with Crippen LogP contribution in [0.3, 0.4) is 0 Å². The Kier molecular flexibility index (Phi) is 4.19. The van der Waals surface area contributed by atoms with E-state index in [0.717, 1.165) is 41.7 Å². The second-order valence-corrected chi connectivity index (χ2v) is 7.64. The summed E-state index contributed by atoms with van der Waals surface area (Å²) in [7, 11) is 0. The smallest absolute Gasteiger partial charge is 0.410 e. The first-order valence-electron chi connectivity index (χ1n) is 9.78. The summed E-state index contributed by atoms with van der Waals surface area (Å²) in [6, 6.07) is 5.64. The van der Waals surface area contributed by atoms with Gasteiger partial charge < -0.3 is 14.5 Å². The zero-order chi connectivity index (χ0) is 20.0. The highest BCUT2D eigenvalue weighted by Gasteiger charge is 2.35. The predicted octanol–water partition coefficient (Wildman–Crippen LogP) is 1.60. The van der Waals surface area contributed by atoms with Crippen LogP contribution in [-0.4, -0.2) is 58.2 Å². The molecule has 29 heavy (non-hydrogen) atoms. The summed E-state index contributed by atoms with van der Waals surface area (Å²) in [5.74, 6) is 1.71. The highest BCUT2D eigenvalue weighted by atomic mass is 16.6. The fourth-order valence-electron chi connectivity index (χ4n) is 3.89. The fourth-order valence-corrected chi connectivity index (χ4v) is 3.89. The number of pyridine rings is 1. The van der Waals surface area contributed by atoms with Gasteiger partial charge in [-0.05, 0) is 25.5 Å². The van der Waals surface area contributed by atoms with Crippen molar-refractivity contribution in [3.8, 4) is 6.07 Å². The molecule has 2 aromatic heterocycles. The number of aromatic nitrogens is 3. The molecule has 0 spiro atoms. The quantitative estimate of drug-likeness (QED) is 0.778. The molecule has 2 fully saturated rings. The van der Waals surface area contributed by atoms with Crippen molar-refractivity contribution in [2.75, 3.05) is 36.0 Å². The van der Waals surface area contributed by atoms with Gasteiger partial charge >= 0.3 is 6.09 Å². The van der Waals surface area contributed by atoms with Crippen LogP contribution < -0.4 is 9.80 Å². The van der Waals surface area contributed by atoms with Crippen molar-refractivity contribution in [2.24, 2.45) is 0 Å². The van der Waals surface area contributed by atoms with Crippen LogP contribution in [0.4, 0.5) is 16.3 Å². The largest absolute Gasteiger partial charge is 0.442 e. The van der Waals surface area contributed by atoms with Gasteiger partial charge in [0.25, 0.3) is 0 Å². The third-order valence-corrected chi connectivity index (χ3v) is 5.62. The number of nitriles is 1. The van der Waals surface area contributed by atoms with Gasteiger partial charge in [0.2, 0.25) is 0 Å². The second kappa shape index (κ2) is 6.88. The van der Waals surface area contributed by atoms with Crippen molar-refractivity contribution >= 4 is 17.6 Å². The van der Waals surface area contributed by atoms with E-state index < -0.39 is 0 Å². The maximum absolute atomic E-state index is 12.7. The highest BCUT2D eigenvalue weighted by Crippen LogP contribution is 2.32. The van der Waals surface area contributed by atoms with Gasteiger partial charge in [0.05, 0.1) is 31.9 Å². The van der Waals surface area contributed by atoms with Crippen molar-refractivity contribution < 1.29 is 9.53 Å². The summed E-state index contributed by atoms with van der Waals surface area (Å²) in [6.45, 7) is 6.09. The third-order valence-electron chi connectivity index (χ3n) is 5.62. The van der Waals surface area contributed by atoms with Gasteiger partial charge in [-0.2, -0.15) is 5.26 Å². The van der Waals surface area contributed by atoms with E-state index in [1.165, 1.54) is 6.42 Å². The molecule has 3 aliphatic rings. The number of nitrogens with zero attached hydrogens (tertiary/aromatic N) is 7. The van der Waals surface area contributed by atoms with E-state index in [1.54, 1.807) is 17.2 Å². The van der Waals surface area contributed by atoms with Crippen LogP contribution in [0.2, 0.25) is 0 Å². The average Bonchev–Trinajstić information content (AvgIpc) is 3.07. The number of fused-ring (bicyclic) bond motifs is 1. The van der Waals surface area contributed by atoms with Gasteiger partial charge in [-0.15, -0.1) is 0 Å². The standard InChI is InChI=1S/C20H21N7O2/c1-13-23-18-12-27(11-17(18)19(24-13)25-5-2-6-25)20(28)29-16-9-26(10-16)15-3-4-22-14(7-15)8-21/h3-4,7,16H,2,5-6,9-12H2,1H3. The molecule has 0 aromatic carbocycles. The lowest BCUT2D eigenvalue weighted by molar-refractivity contribution is 0.0491. The van der Waals surface area contributed by atoms with E-state index in [-0.39, 0.29) is 12.2 Å². The minimum absolute atomic E-state index is 0.160. The molecule has 0 N–H and O–H groups in total. The van der Waals surface area contributed by atoms with E-state index in [0.29, 0.717) is 31.9 Å². The Balaban J connectivity index is 1.20. The molecule has 0 saturated carbocycles. The van der Waals surface area contributed by atoms with Crippen LogP contribution in [0, 0.1) is 18.3 Å². The fraction of sp³-hybridized carbons (Fsp3) is 0.450. The molecule has 148 valence electrons. The van der Waals surface area contributed by atoms with Crippen molar-refractivity contribution in [3.05, 3.63) is 41.1 Å². The number of amides is 1. The summed E-state index contributed by atoms with van der Waals surface area (Å²) >= 11 is 0. The molecule has 9 nitrogen and oxygen atoms in total. The monoisotopic (exact) mass is 391 g/mol. The molecule has 9 heteroatoms. The maximum Gasteiger partial charge on any atom is 0.410 e. The highest BCUT2D eigenvalue weighted by molar-refractivity contribution is 5.70. The zero-order valence-electron chi connectivity index (χ0n) is 16.2. The van der Waals surface area contributed by atoms with Gasteiger partial charge in [0, 0.05) is 30.5 Å². The van der Waals surface area contributed by atoms with E-state index in [4.69, 9.17) is 10.00 Å². The van der Waals surface area contributed by atoms with Gasteiger partial charge in [0.15, 0.2) is 0 Å². The summed E-state index contributed by atoms with van der Waals surface area (Å²) in [4.78, 5) is 31.8. The lowest BCUT2D eigenvalue weighted by Crippen LogP contribution is -2.54. The van der Waals surface area contributed by atoms with Gasteiger partial charge in [-0.25, -0.2) is 19.7 Å². The number of anilines is 2. The van der Waals surface area contributed by atoms with Crippen molar-refractivity contribution in [1.29, 1.82) is 5.26 Å². The molecule has 0 radical (unpaired) electrons. The summed E-state index contributed by atoms with van der Waals surface area (Å²) in [5, 5.41) is 8.97. The summed E-state index contributed by atoms with van der Waals surface area (Å²) in [6.07, 6.45) is 2.32. The van der Waals surface area contributed by atoms with Crippen LogP contribution in [-0.2, 0) is 17.8 Å². The Morgan fingerprint density at radius 1 is 1.24 bits per heavy atom. The minimum atomic E-state index is -0.313. The SMILES string of the molecule is Cc1nc2c(c(N3CCC3)n1)CN(C(=O)OC1CN(c3ccnc(C#N)c3)C1)C2. The number of hydrogen-bond acceptors (Lipinski definition) is 8. The molecule has 2 saturated heterocycles. The molecule has 0 bridgehead atoms. The first-order valence-corrected chi connectivity index (χ1v) is 9.78. The van der Waals surface area contributed by atoms with Crippen molar-refractivity contribution in [1.82, 2.24) is 19.9 Å². The van der Waals surface area contributed by atoms with Gasteiger partial charge in [0.1, 0.15) is 29.5 Å². The Hall–Kier alpha value is -3.41. The first-order chi connectivity index (χ1) is 14.1. The van der Waals surface area contributed by atoms with Crippen LogP contribution >= 0.6 is 0 Å². The molecule has 0 aliphatic carbocycles. The van der Waals surface area contributed by atoms with E-state index >= 15 is 0 Å². The van der Waals surface area contributed by atoms with Gasteiger partial charge in [-0.3, -0.25) is 4.90 Å². The molecule has 2 aromatic rings. The number of carbonyl (C=O) groups is 1. The van der Waals surface area contributed by atoms with Crippen molar-refractivity contribution in [2.45, 2.75) is 32.5 Å². The Bertz CT molecular complexity index is 1010. The summed E-state index contributed by atoms with van der Waals surface area (Å²) < 4.78 is 5.68. The molecular formula is C20H21N7O2. The number of aryl methyl sites for hydroxylation is 1.